The number of aromatic carboxylic acids is 1. The van der Waals surface area contributed by atoms with E-state index < -0.39 is 11.7 Å². The lowest BCUT2D eigenvalue weighted by molar-refractivity contribution is -0.00698. The van der Waals surface area contributed by atoms with Gasteiger partial charge in [0.05, 0.1) is 5.41 Å². The van der Waals surface area contributed by atoms with E-state index in [-0.39, 0.29) is 11.0 Å². The summed E-state index contributed by atoms with van der Waals surface area (Å²) in [5.41, 5.74) is 2.78. The van der Waals surface area contributed by atoms with E-state index in [0.29, 0.717) is 5.75 Å². The third-order valence-electron chi connectivity index (χ3n) is 5.79. The first-order valence-corrected chi connectivity index (χ1v) is 8.26. The second kappa shape index (κ2) is 4.76. The maximum Gasteiger partial charge on any atom is 0.339 e. The minimum atomic E-state index is -0.945. The topological polar surface area (TPSA) is 49.8 Å². The fourth-order valence-corrected chi connectivity index (χ4v) is 4.39. The number of aryl methyl sites for hydroxylation is 1. The van der Waals surface area contributed by atoms with Crippen molar-refractivity contribution in [1.82, 2.24) is 0 Å². The molecule has 1 atom stereocenters. The summed E-state index contributed by atoms with van der Waals surface area (Å²) in [5, 5.41) is 9.55. The molecule has 2 heterocycles. The molecular formula is C20H21NO3. The Balaban J connectivity index is 1.89. The van der Waals surface area contributed by atoms with Gasteiger partial charge in [0.1, 0.15) is 11.3 Å². The van der Waals surface area contributed by atoms with E-state index >= 15 is 0 Å². The molecule has 0 aromatic heterocycles. The van der Waals surface area contributed by atoms with Crippen molar-refractivity contribution in [1.29, 1.82) is 0 Å². The first-order chi connectivity index (χ1) is 11.4. The Morgan fingerprint density at radius 3 is 2.62 bits per heavy atom. The molecule has 4 heteroatoms. The van der Waals surface area contributed by atoms with Crippen molar-refractivity contribution in [2.75, 3.05) is 11.9 Å². The third-order valence-corrected chi connectivity index (χ3v) is 5.79. The van der Waals surface area contributed by atoms with Gasteiger partial charge >= 0.3 is 5.97 Å². The van der Waals surface area contributed by atoms with Crippen LogP contribution >= 0.6 is 0 Å². The van der Waals surface area contributed by atoms with E-state index in [1.165, 1.54) is 5.56 Å². The highest BCUT2D eigenvalue weighted by atomic mass is 16.5. The number of carbonyl (C=O) groups is 1. The number of likely N-dealkylation sites (N-methyl/N-ethyl adjacent to an activating group) is 1. The Hall–Kier alpha value is -2.49. The van der Waals surface area contributed by atoms with Gasteiger partial charge in [0, 0.05) is 19.2 Å². The smallest absolute Gasteiger partial charge is 0.339 e. The number of anilines is 1. The van der Waals surface area contributed by atoms with E-state index in [9.17, 15) is 9.90 Å². The first-order valence-electron chi connectivity index (χ1n) is 8.26. The molecule has 0 aliphatic carbocycles. The van der Waals surface area contributed by atoms with Crippen molar-refractivity contribution < 1.29 is 14.6 Å². The molecule has 1 unspecified atom stereocenters. The number of nitrogens with zero attached hydrogens (tertiary/aromatic N) is 1. The van der Waals surface area contributed by atoms with Gasteiger partial charge in [-0.25, -0.2) is 4.79 Å². The molecule has 1 spiro atoms. The summed E-state index contributed by atoms with van der Waals surface area (Å²) in [6.07, 6.45) is 1.62. The average Bonchev–Trinajstić information content (AvgIpc) is 2.74. The number of carboxylic acids is 1. The van der Waals surface area contributed by atoms with Crippen LogP contribution in [0, 0.1) is 0 Å². The molecule has 0 saturated carbocycles. The van der Waals surface area contributed by atoms with Gasteiger partial charge in [-0.3, -0.25) is 0 Å². The number of ether oxygens (including phenoxy) is 1. The molecule has 2 aromatic carbocycles. The van der Waals surface area contributed by atoms with Gasteiger partial charge in [0.25, 0.3) is 0 Å². The molecule has 2 aliphatic heterocycles. The van der Waals surface area contributed by atoms with E-state index in [4.69, 9.17) is 4.74 Å². The van der Waals surface area contributed by atoms with Crippen LogP contribution in [0.4, 0.5) is 5.69 Å². The molecule has 0 fully saturated rings. The molecule has 1 N–H and O–H groups in total. The SMILES string of the molecule is CN1c2ccccc2C(C)(C)C12CCc1cccc(C(=O)O)c1O2. The number of carboxylic acid groups (broad SMARTS) is 1. The molecule has 0 saturated heterocycles. The quantitative estimate of drug-likeness (QED) is 0.866. The first kappa shape index (κ1) is 15.1. The van der Waals surface area contributed by atoms with Crippen LogP contribution in [-0.2, 0) is 11.8 Å². The molecule has 0 amide bonds. The molecule has 2 aliphatic rings. The monoisotopic (exact) mass is 323 g/mol. The Labute approximate surface area is 141 Å². The Bertz CT molecular complexity index is 843. The van der Waals surface area contributed by atoms with E-state index in [2.05, 4.69) is 30.9 Å². The minimum absolute atomic E-state index is 0.242. The Kier molecular flexibility index (Phi) is 2.99. The summed E-state index contributed by atoms with van der Waals surface area (Å²) in [4.78, 5) is 13.8. The van der Waals surface area contributed by atoms with Crippen LogP contribution in [0.2, 0.25) is 0 Å². The summed E-state index contributed by atoms with van der Waals surface area (Å²) in [6, 6.07) is 13.7. The lowest BCUT2D eigenvalue weighted by Crippen LogP contribution is -2.60. The molecule has 24 heavy (non-hydrogen) atoms. The molecule has 4 nitrogen and oxygen atoms in total. The Morgan fingerprint density at radius 1 is 1.17 bits per heavy atom. The highest BCUT2D eigenvalue weighted by Gasteiger charge is 2.59. The van der Waals surface area contributed by atoms with Gasteiger partial charge in [-0.15, -0.1) is 0 Å². The van der Waals surface area contributed by atoms with Crippen molar-refractivity contribution in [3.05, 3.63) is 59.2 Å². The van der Waals surface area contributed by atoms with Gasteiger partial charge in [-0.1, -0.05) is 30.3 Å². The van der Waals surface area contributed by atoms with Crippen LogP contribution in [0.5, 0.6) is 5.75 Å². The Morgan fingerprint density at radius 2 is 1.92 bits per heavy atom. The van der Waals surface area contributed by atoms with Gasteiger partial charge in [0.15, 0.2) is 5.72 Å². The zero-order chi connectivity index (χ0) is 17.1. The summed E-state index contributed by atoms with van der Waals surface area (Å²) in [7, 11) is 2.04. The lowest BCUT2D eigenvalue weighted by atomic mass is 9.74. The summed E-state index contributed by atoms with van der Waals surface area (Å²) >= 11 is 0. The number of benzene rings is 2. The van der Waals surface area contributed by atoms with Crippen LogP contribution in [-0.4, -0.2) is 23.8 Å². The standard InChI is InChI=1S/C20H21NO3/c1-19(2)15-9-4-5-10-16(15)21(3)20(19)12-11-13-7-6-8-14(18(22)23)17(13)24-20/h4-10H,11-12H2,1-3H3,(H,22,23). The van der Waals surface area contributed by atoms with E-state index in [1.807, 2.05) is 25.2 Å². The van der Waals surface area contributed by atoms with E-state index in [0.717, 1.165) is 24.1 Å². The maximum absolute atomic E-state index is 11.6. The van der Waals surface area contributed by atoms with Crippen LogP contribution in [0.15, 0.2) is 42.5 Å². The maximum atomic E-state index is 11.6. The van der Waals surface area contributed by atoms with E-state index in [1.54, 1.807) is 12.1 Å². The van der Waals surface area contributed by atoms with Gasteiger partial charge in [-0.2, -0.15) is 0 Å². The zero-order valence-electron chi connectivity index (χ0n) is 14.2. The molecule has 4 rings (SSSR count). The predicted octanol–water partition coefficient (Wildman–Crippen LogP) is 3.83. The summed E-state index contributed by atoms with van der Waals surface area (Å²) < 4.78 is 6.53. The molecule has 0 bridgehead atoms. The summed E-state index contributed by atoms with van der Waals surface area (Å²) in [6.45, 7) is 4.37. The van der Waals surface area contributed by atoms with Crippen molar-refractivity contribution in [2.24, 2.45) is 0 Å². The number of hydrogen-bond donors (Lipinski definition) is 1. The largest absolute Gasteiger partial charge is 0.478 e. The molecule has 2 aromatic rings. The van der Waals surface area contributed by atoms with Crippen LogP contribution in [0.1, 0.15) is 41.8 Å². The highest BCUT2D eigenvalue weighted by molar-refractivity contribution is 5.91. The third kappa shape index (κ3) is 1.71. The molecule has 0 radical (unpaired) electrons. The number of rotatable bonds is 1. The van der Waals surface area contributed by atoms with Gasteiger partial charge in [0.2, 0.25) is 0 Å². The molecular weight excluding hydrogens is 302 g/mol. The summed E-state index contributed by atoms with van der Waals surface area (Å²) in [5.74, 6) is -0.427. The zero-order valence-corrected chi connectivity index (χ0v) is 14.2. The van der Waals surface area contributed by atoms with Gasteiger partial charge in [-0.05, 0) is 43.5 Å². The second-order valence-electron chi connectivity index (χ2n) is 7.19. The van der Waals surface area contributed by atoms with Crippen LogP contribution in [0.25, 0.3) is 0 Å². The number of hydrogen-bond acceptors (Lipinski definition) is 3. The normalized spacial score (nSPS) is 23.5. The average molecular weight is 323 g/mol. The van der Waals surface area contributed by atoms with Crippen molar-refractivity contribution >= 4 is 11.7 Å². The van der Waals surface area contributed by atoms with Crippen molar-refractivity contribution in [3.63, 3.8) is 0 Å². The minimum Gasteiger partial charge on any atom is -0.478 e. The van der Waals surface area contributed by atoms with Crippen molar-refractivity contribution in [2.45, 2.75) is 37.8 Å². The second-order valence-corrected chi connectivity index (χ2v) is 7.19. The fraction of sp³-hybridized carbons (Fsp3) is 0.350. The van der Waals surface area contributed by atoms with Gasteiger partial charge < -0.3 is 14.7 Å². The number of fused-ring (bicyclic) bond motifs is 2. The van der Waals surface area contributed by atoms with Crippen LogP contribution < -0.4 is 9.64 Å². The predicted molar refractivity (Wildman–Crippen MR) is 93.0 cm³/mol. The van der Waals surface area contributed by atoms with Crippen LogP contribution in [0.3, 0.4) is 0 Å². The van der Waals surface area contributed by atoms with Crippen molar-refractivity contribution in [3.8, 4) is 5.75 Å². The molecule has 124 valence electrons. The lowest BCUT2D eigenvalue weighted by Gasteiger charge is -2.49. The highest BCUT2D eigenvalue weighted by Crippen LogP contribution is 2.55. The number of para-hydroxylation sites is 2. The fourth-order valence-electron chi connectivity index (χ4n) is 4.39.